The van der Waals surface area contributed by atoms with Gasteiger partial charge in [-0.05, 0) is 19.4 Å². The van der Waals surface area contributed by atoms with Crippen molar-refractivity contribution in [3.8, 4) is 0 Å². The third-order valence-corrected chi connectivity index (χ3v) is 2.81. The summed E-state index contributed by atoms with van der Waals surface area (Å²) in [5.41, 5.74) is 1.21. The third kappa shape index (κ3) is 6.30. The molecule has 3 heteroatoms. The van der Waals surface area contributed by atoms with E-state index >= 15 is 0 Å². The summed E-state index contributed by atoms with van der Waals surface area (Å²) in [6.07, 6.45) is 1.09. The molecule has 18 heavy (non-hydrogen) atoms. The zero-order chi connectivity index (χ0) is 13.4. The van der Waals surface area contributed by atoms with Crippen LogP contribution in [0.5, 0.6) is 0 Å². The highest BCUT2D eigenvalue weighted by Gasteiger charge is 2.08. The first-order chi connectivity index (χ1) is 8.58. The lowest BCUT2D eigenvalue weighted by Gasteiger charge is -2.21. The van der Waals surface area contributed by atoms with Gasteiger partial charge in [-0.2, -0.15) is 0 Å². The van der Waals surface area contributed by atoms with E-state index in [4.69, 9.17) is 0 Å². The summed E-state index contributed by atoms with van der Waals surface area (Å²) < 4.78 is 0. The molecule has 0 aromatic heterocycles. The maximum atomic E-state index is 11.0. The molecule has 1 aromatic rings. The molecular weight excluding hydrogens is 226 g/mol. The van der Waals surface area contributed by atoms with Gasteiger partial charge in [0.1, 0.15) is 11.6 Å². The van der Waals surface area contributed by atoms with Gasteiger partial charge in [-0.3, -0.25) is 14.5 Å². The molecule has 0 fully saturated rings. The van der Waals surface area contributed by atoms with E-state index in [0.29, 0.717) is 12.8 Å². The summed E-state index contributed by atoms with van der Waals surface area (Å²) >= 11 is 0. The van der Waals surface area contributed by atoms with E-state index in [1.807, 2.05) is 18.2 Å². The SMILES string of the molecule is CC(=O)CCN(CCC(C)=O)Cc1ccccc1. The second-order valence-corrected chi connectivity index (χ2v) is 4.67. The Labute approximate surface area is 109 Å². The van der Waals surface area contributed by atoms with Gasteiger partial charge >= 0.3 is 0 Å². The molecule has 98 valence electrons. The minimum absolute atomic E-state index is 0.191. The van der Waals surface area contributed by atoms with Gasteiger partial charge < -0.3 is 0 Å². The molecule has 0 radical (unpaired) electrons. The molecule has 0 heterocycles. The van der Waals surface area contributed by atoms with Crippen molar-refractivity contribution >= 4 is 11.6 Å². The Morgan fingerprint density at radius 2 is 1.44 bits per heavy atom. The monoisotopic (exact) mass is 247 g/mol. The van der Waals surface area contributed by atoms with Gasteiger partial charge in [-0.25, -0.2) is 0 Å². The molecule has 0 unspecified atom stereocenters. The Balaban J connectivity index is 2.53. The lowest BCUT2D eigenvalue weighted by Crippen LogP contribution is -2.27. The van der Waals surface area contributed by atoms with Crippen molar-refractivity contribution in [1.29, 1.82) is 0 Å². The van der Waals surface area contributed by atoms with Gasteiger partial charge in [-0.1, -0.05) is 30.3 Å². The van der Waals surface area contributed by atoms with Crippen LogP contribution in [0, 0.1) is 0 Å². The lowest BCUT2D eigenvalue weighted by atomic mass is 10.2. The predicted octanol–water partition coefficient (Wildman–Crippen LogP) is 2.45. The first-order valence-electron chi connectivity index (χ1n) is 6.33. The molecule has 0 bridgehead atoms. The average Bonchev–Trinajstić information content (AvgIpc) is 2.33. The molecule has 1 aromatic carbocycles. The van der Waals surface area contributed by atoms with Crippen LogP contribution in [0.2, 0.25) is 0 Å². The van der Waals surface area contributed by atoms with E-state index in [2.05, 4.69) is 17.0 Å². The molecule has 0 aliphatic rings. The molecule has 0 amide bonds. The number of hydrogen-bond acceptors (Lipinski definition) is 3. The fourth-order valence-corrected chi connectivity index (χ4v) is 1.74. The topological polar surface area (TPSA) is 37.4 Å². The van der Waals surface area contributed by atoms with Gasteiger partial charge in [0.05, 0.1) is 0 Å². The maximum absolute atomic E-state index is 11.0. The van der Waals surface area contributed by atoms with Crippen molar-refractivity contribution in [2.24, 2.45) is 0 Å². The Hall–Kier alpha value is -1.48. The normalized spacial score (nSPS) is 10.6. The van der Waals surface area contributed by atoms with Crippen molar-refractivity contribution in [3.05, 3.63) is 35.9 Å². The van der Waals surface area contributed by atoms with Crippen LogP contribution in [0.4, 0.5) is 0 Å². The van der Waals surface area contributed by atoms with Crippen molar-refractivity contribution in [1.82, 2.24) is 4.90 Å². The largest absolute Gasteiger partial charge is 0.300 e. The number of carbonyl (C=O) groups is 2. The second-order valence-electron chi connectivity index (χ2n) is 4.67. The first kappa shape index (κ1) is 14.6. The van der Waals surface area contributed by atoms with Crippen molar-refractivity contribution < 1.29 is 9.59 Å². The summed E-state index contributed by atoms with van der Waals surface area (Å²) in [6.45, 7) is 5.44. The quantitative estimate of drug-likeness (QED) is 0.708. The highest BCUT2D eigenvalue weighted by molar-refractivity contribution is 5.76. The third-order valence-electron chi connectivity index (χ3n) is 2.81. The summed E-state index contributed by atoms with van der Waals surface area (Å²) in [5, 5.41) is 0. The molecule has 0 aliphatic heterocycles. The van der Waals surface area contributed by atoms with Gasteiger partial charge in [0, 0.05) is 32.5 Å². The van der Waals surface area contributed by atoms with Crippen LogP contribution in [0.1, 0.15) is 32.3 Å². The first-order valence-corrected chi connectivity index (χ1v) is 6.33. The Morgan fingerprint density at radius 3 is 1.89 bits per heavy atom. The number of benzene rings is 1. The Kier molecular flexibility index (Phi) is 6.29. The number of ketones is 2. The summed E-state index contributed by atoms with van der Waals surface area (Å²) in [5.74, 6) is 0.381. The molecule has 0 aliphatic carbocycles. The highest BCUT2D eigenvalue weighted by atomic mass is 16.1. The molecule has 1 rings (SSSR count). The molecule has 0 atom stereocenters. The molecule has 0 saturated heterocycles. The molecule has 0 N–H and O–H groups in total. The van der Waals surface area contributed by atoms with Crippen LogP contribution in [-0.4, -0.2) is 29.6 Å². The van der Waals surface area contributed by atoms with Gasteiger partial charge in [0.2, 0.25) is 0 Å². The van der Waals surface area contributed by atoms with Gasteiger partial charge in [0.25, 0.3) is 0 Å². The van der Waals surface area contributed by atoms with Crippen LogP contribution >= 0.6 is 0 Å². The van der Waals surface area contributed by atoms with Gasteiger partial charge in [0.15, 0.2) is 0 Å². The number of hydrogen-bond donors (Lipinski definition) is 0. The highest BCUT2D eigenvalue weighted by Crippen LogP contribution is 2.06. The zero-order valence-corrected chi connectivity index (χ0v) is 11.2. The van der Waals surface area contributed by atoms with Crippen LogP contribution in [-0.2, 0) is 16.1 Å². The molecular formula is C15H21NO2. The number of carbonyl (C=O) groups excluding carboxylic acids is 2. The molecule has 0 spiro atoms. The lowest BCUT2D eigenvalue weighted by molar-refractivity contribution is -0.117. The van der Waals surface area contributed by atoms with E-state index in [9.17, 15) is 9.59 Å². The van der Waals surface area contributed by atoms with E-state index in [1.165, 1.54) is 5.56 Å². The van der Waals surface area contributed by atoms with Crippen molar-refractivity contribution in [3.63, 3.8) is 0 Å². The minimum Gasteiger partial charge on any atom is -0.300 e. The van der Waals surface area contributed by atoms with E-state index in [0.717, 1.165) is 19.6 Å². The Bertz CT molecular complexity index is 369. The summed E-state index contributed by atoms with van der Waals surface area (Å²) in [7, 11) is 0. The van der Waals surface area contributed by atoms with Crippen LogP contribution in [0.25, 0.3) is 0 Å². The maximum Gasteiger partial charge on any atom is 0.131 e. The van der Waals surface area contributed by atoms with E-state index < -0.39 is 0 Å². The van der Waals surface area contributed by atoms with E-state index in [1.54, 1.807) is 13.8 Å². The fraction of sp³-hybridized carbons (Fsp3) is 0.467. The van der Waals surface area contributed by atoms with Crippen LogP contribution < -0.4 is 0 Å². The number of rotatable bonds is 8. The molecule has 3 nitrogen and oxygen atoms in total. The summed E-state index contributed by atoms with van der Waals surface area (Å²) in [6, 6.07) is 10.1. The van der Waals surface area contributed by atoms with Crippen LogP contribution in [0.15, 0.2) is 30.3 Å². The molecule has 0 saturated carbocycles. The van der Waals surface area contributed by atoms with E-state index in [-0.39, 0.29) is 11.6 Å². The summed E-state index contributed by atoms with van der Waals surface area (Å²) in [4.78, 5) is 24.3. The predicted molar refractivity (Wildman–Crippen MR) is 72.3 cm³/mol. The number of nitrogens with zero attached hydrogens (tertiary/aromatic N) is 1. The van der Waals surface area contributed by atoms with Crippen molar-refractivity contribution in [2.75, 3.05) is 13.1 Å². The number of Topliss-reactive ketones (excluding diaryl/α,β-unsaturated/α-hetero) is 2. The van der Waals surface area contributed by atoms with Crippen LogP contribution in [0.3, 0.4) is 0 Å². The van der Waals surface area contributed by atoms with Gasteiger partial charge in [-0.15, -0.1) is 0 Å². The fourth-order valence-electron chi connectivity index (χ4n) is 1.74. The zero-order valence-electron chi connectivity index (χ0n) is 11.2. The second kappa shape index (κ2) is 7.77. The van der Waals surface area contributed by atoms with Crippen molar-refractivity contribution in [2.45, 2.75) is 33.2 Å². The Morgan fingerprint density at radius 1 is 0.944 bits per heavy atom. The average molecular weight is 247 g/mol. The smallest absolute Gasteiger partial charge is 0.131 e. The minimum atomic E-state index is 0.191. The standard InChI is InChI=1S/C15H21NO2/c1-13(17)8-10-16(11-9-14(2)18)12-15-6-4-3-5-7-15/h3-7H,8-12H2,1-2H3.